The second-order valence-electron chi connectivity index (χ2n) is 3.77. The van der Waals surface area contributed by atoms with Gasteiger partial charge in [0, 0.05) is 0 Å². The summed E-state index contributed by atoms with van der Waals surface area (Å²) in [6.07, 6.45) is -4.68. The number of alkyl halides is 3. The van der Waals surface area contributed by atoms with E-state index in [1.807, 2.05) is 16.8 Å². The molecule has 0 saturated heterocycles. The topological polar surface area (TPSA) is 47.3 Å². The van der Waals surface area contributed by atoms with Crippen LogP contribution in [0.4, 0.5) is 13.2 Å². The first-order valence-electron chi connectivity index (χ1n) is 5.33. The average molecular weight is 288 g/mol. The van der Waals surface area contributed by atoms with Gasteiger partial charge in [-0.25, -0.2) is 5.43 Å². The molecule has 0 radical (unpaired) electrons. The molecule has 1 heterocycles. The second-order valence-corrected chi connectivity index (χ2v) is 4.55. The van der Waals surface area contributed by atoms with Gasteiger partial charge in [0.25, 0.3) is 0 Å². The highest BCUT2D eigenvalue weighted by Gasteiger charge is 2.31. The third-order valence-corrected chi connectivity index (χ3v) is 3.19. The molecular formula is C12H11F3N2OS. The van der Waals surface area contributed by atoms with Crippen LogP contribution in [-0.4, -0.2) is 6.36 Å². The molecule has 3 N–H and O–H groups in total. The van der Waals surface area contributed by atoms with E-state index >= 15 is 0 Å². The molecule has 3 nitrogen and oxygen atoms in total. The van der Waals surface area contributed by atoms with Crippen LogP contribution < -0.4 is 16.0 Å². The lowest BCUT2D eigenvalue weighted by atomic mass is 10.0. The number of benzene rings is 1. The van der Waals surface area contributed by atoms with Crippen molar-refractivity contribution in [1.29, 1.82) is 0 Å². The van der Waals surface area contributed by atoms with E-state index in [0.29, 0.717) is 0 Å². The first-order valence-corrected chi connectivity index (χ1v) is 6.28. The van der Waals surface area contributed by atoms with Gasteiger partial charge in [0.05, 0.1) is 6.04 Å². The second kappa shape index (κ2) is 5.60. The molecule has 102 valence electrons. The predicted molar refractivity (Wildman–Crippen MR) is 66.6 cm³/mol. The number of hydrogen-bond donors (Lipinski definition) is 2. The van der Waals surface area contributed by atoms with Crippen molar-refractivity contribution < 1.29 is 17.9 Å². The maximum atomic E-state index is 12.0. The van der Waals surface area contributed by atoms with Crippen molar-refractivity contribution in [2.45, 2.75) is 12.4 Å². The van der Waals surface area contributed by atoms with E-state index in [4.69, 9.17) is 5.84 Å². The van der Waals surface area contributed by atoms with Gasteiger partial charge in [0.15, 0.2) is 0 Å². The summed E-state index contributed by atoms with van der Waals surface area (Å²) in [7, 11) is 0. The minimum Gasteiger partial charge on any atom is -0.406 e. The maximum absolute atomic E-state index is 12.0. The number of halogens is 3. The third kappa shape index (κ3) is 3.69. The summed E-state index contributed by atoms with van der Waals surface area (Å²) in [5, 5.41) is 3.82. The fourth-order valence-corrected chi connectivity index (χ4v) is 2.37. The molecule has 0 aliphatic heterocycles. The molecule has 7 heteroatoms. The maximum Gasteiger partial charge on any atom is 0.573 e. The van der Waals surface area contributed by atoms with Crippen molar-refractivity contribution in [2.75, 3.05) is 0 Å². The van der Waals surface area contributed by atoms with Crippen LogP contribution in [-0.2, 0) is 0 Å². The van der Waals surface area contributed by atoms with Gasteiger partial charge in [0.2, 0.25) is 0 Å². The Bertz CT molecular complexity index is 511. The summed E-state index contributed by atoms with van der Waals surface area (Å²) < 4.78 is 39.9. The molecule has 1 atom stereocenters. The lowest BCUT2D eigenvalue weighted by molar-refractivity contribution is -0.274. The number of ether oxygens (including phenoxy) is 1. The molecule has 2 rings (SSSR count). The molecule has 0 fully saturated rings. The molecule has 1 unspecified atom stereocenters. The molecule has 0 aliphatic carbocycles. The van der Waals surface area contributed by atoms with Gasteiger partial charge in [-0.15, -0.1) is 13.2 Å². The van der Waals surface area contributed by atoms with Crippen LogP contribution in [0.25, 0.3) is 0 Å². The summed E-state index contributed by atoms with van der Waals surface area (Å²) in [5.41, 5.74) is 4.35. The average Bonchev–Trinajstić information content (AvgIpc) is 2.84. The molecule has 19 heavy (non-hydrogen) atoms. The van der Waals surface area contributed by atoms with Crippen LogP contribution in [0.1, 0.15) is 17.2 Å². The lowest BCUT2D eigenvalue weighted by Gasteiger charge is -2.16. The number of thiophene rings is 1. The normalized spacial score (nSPS) is 13.3. The SMILES string of the molecule is NNC(c1ccc(OC(F)(F)F)cc1)c1ccsc1. The minimum atomic E-state index is -4.68. The van der Waals surface area contributed by atoms with E-state index in [9.17, 15) is 13.2 Å². The summed E-state index contributed by atoms with van der Waals surface area (Å²) >= 11 is 1.52. The van der Waals surface area contributed by atoms with Gasteiger partial charge in [-0.1, -0.05) is 12.1 Å². The molecule has 0 saturated carbocycles. The van der Waals surface area contributed by atoms with E-state index < -0.39 is 6.36 Å². The number of hydrazine groups is 1. The number of rotatable bonds is 4. The van der Waals surface area contributed by atoms with Gasteiger partial charge in [0.1, 0.15) is 5.75 Å². The Hall–Kier alpha value is -1.57. The first-order chi connectivity index (χ1) is 8.99. The standard InChI is InChI=1S/C12H11F3N2OS/c13-12(14,15)18-10-3-1-8(2-4-10)11(17-16)9-5-6-19-7-9/h1-7,11,17H,16H2. The Balaban J connectivity index is 2.17. The van der Waals surface area contributed by atoms with Crippen molar-refractivity contribution in [3.63, 3.8) is 0 Å². The van der Waals surface area contributed by atoms with Crippen LogP contribution >= 0.6 is 11.3 Å². The number of nitrogens with two attached hydrogens (primary N) is 1. The van der Waals surface area contributed by atoms with Crippen molar-refractivity contribution >= 4 is 11.3 Å². The van der Waals surface area contributed by atoms with Crippen LogP contribution in [0.15, 0.2) is 41.1 Å². The zero-order valence-electron chi connectivity index (χ0n) is 9.65. The third-order valence-electron chi connectivity index (χ3n) is 2.49. The molecule has 0 amide bonds. The fourth-order valence-electron chi connectivity index (χ4n) is 1.69. The number of nitrogens with one attached hydrogen (secondary N) is 1. The summed E-state index contributed by atoms with van der Waals surface area (Å²) in [6, 6.07) is 7.26. The van der Waals surface area contributed by atoms with E-state index in [1.165, 1.54) is 23.5 Å². The monoisotopic (exact) mass is 288 g/mol. The Morgan fingerprint density at radius 3 is 2.26 bits per heavy atom. The van der Waals surface area contributed by atoms with Crippen LogP contribution in [0, 0.1) is 0 Å². The highest BCUT2D eigenvalue weighted by Crippen LogP contribution is 2.27. The van der Waals surface area contributed by atoms with Crippen molar-refractivity contribution in [1.82, 2.24) is 5.43 Å². The van der Waals surface area contributed by atoms with E-state index in [0.717, 1.165) is 11.1 Å². The van der Waals surface area contributed by atoms with Crippen molar-refractivity contribution in [3.8, 4) is 5.75 Å². The Morgan fingerprint density at radius 2 is 1.79 bits per heavy atom. The van der Waals surface area contributed by atoms with Gasteiger partial charge in [-0.05, 0) is 40.1 Å². The highest BCUT2D eigenvalue weighted by atomic mass is 32.1. The molecule has 0 bridgehead atoms. The molecule has 0 spiro atoms. The molecule has 1 aromatic carbocycles. The lowest BCUT2D eigenvalue weighted by Crippen LogP contribution is -2.28. The van der Waals surface area contributed by atoms with Crippen LogP contribution in [0.5, 0.6) is 5.75 Å². The molecular weight excluding hydrogens is 277 g/mol. The quantitative estimate of drug-likeness (QED) is 0.671. The van der Waals surface area contributed by atoms with Gasteiger partial charge < -0.3 is 4.74 Å². The summed E-state index contributed by atoms with van der Waals surface area (Å²) in [6.45, 7) is 0. The summed E-state index contributed by atoms with van der Waals surface area (Å²) in [4.78, 5) is 0. The molecule has 2 aromatic rings. The van der Waals surface area contributed by atoms with E-state index in [-0.39, 0.29) is 11.8 Å². The highest BCUT2D eigenvalue weighted by molar-refractivity contribution is 7.08. The van der Waals surface area contributed by atoms with E-state index in [1.54, 1.807) is 12.1 Å². The van der Waals surface area contributed by atoms with Gasteiger partial charge >= 0.3 is 6.36 Å². The Labute approximate surface area is 111 Å². The van der Waals surface area contributed by atoms with Crippen molar-refractivity contribution in [3.05, 3.63) is 52.2 Å². The Kier molecular flexibility index (Phi) is 4.08. The van der Waals surface area contributed by atoms with Gasteiger partial charge in [-0.3, -0.25) is 5.84 Å². The predicted octanol–water partition coefficient (Wildman–Crippen LogP) is 3.20. The largest absolute Gasteiger partial charge is 0.573 e. The molecule has 1 aromatic heterocycles. The summed E-state index contributed by atoms with van der Waals surface area (Å²) in [5.74, 6) is 5.23. The molecule has 0 aliphatic rings. The van der Waals surface area contributed by atoms with Crippen molar-refractivity contribution in [2.24, 2.45) is 5.84 Å². The van der Waals surface area contributed by atoms with Crippen LogP contribution in [0.3, 0.4) is 0 Å². The smallest absolute Gasteiger partial charge is 0.406 e. The van der Waals surface area contributed by atoms with Crippen LogP contribution in [0.2, 0.25) is 0 Å². The van der Waals surface area contributed by atoms with E-state index in [2.05, 4.69) is 10.2 Å². The first kappa shape index (κ1) is 13.9. The Morgan fingerprint density at radius 1 is 1.11 bits per heavy atom. The fraction of sp³-hybridized carbons (Fsp3) is 0.167. The zero-order valence-corrected chi connectivity index (χ0v) is 10.5. The minimum absolute atomic E-state index is 0.252. The zero-order chi connectivity index (χ0) is 13.9. The number of hydrogen-bond acceptors (Lipinski definition) is 4. The van der Waals surface area contributed by atoms with Gasteiger partial charge in [-0.2, -0.15) is 11.3 Å².